The van der Waals surface area contributed by atoms with Gasteiger partial charge >= 0.3 is 6.09 Å². The molecular formula is C21H34N4O2. The molecule has 2 saturated carbocycles. The number of pyridine rings is 1. The van der Waals surface area contributed by atoms with E-state index in [1.54, 1.807) is 19.3 Å². The molecule has 3 fully saturated rings. The van der Waals surface area contributed by atoms with Crippen LogP contribution in [0.2, 0.25) is 0 Å². The highest BCUT2D eigenvalue weighted by Crippen LogP contribution is 2.26. The number of nitrogens with zero attached hydrogens (tertiary/aromatic N) is 4. The standard InChI is InChI=1S/C16H24N4O2.C5H10/c1-18(16(21)22)14-6-7-17-15(12-14)20-10-8-19(9-11-20)13-4-2-3-5-13;1-2-4-5-3-1/h6-7,12-13H,2-5,8-11H2,1H3,(H,21,22);1-5H2. The summed E-state index contributed by atoms with van der Waals surface area (Å²) in [6.45, 7) is 4.07. The van der Waals surface area contributed by atoms with Crippen molar-refractivity contribution in [1.82, 2.24) is 9.88 Å². The van der Waals surface area contributed by atoms with E-state index in [0.717, 1.165) is 38.0 Å². The van der Waals surface area contributed by atoms with Crippen LogP contribution in [0.5, 0.6) is 0 Å². The number of hydrogen-bond donors (Lipinski definition) is 1. The van der Waals surface area contributed by atoms with Gasteiger partial charge in [-0.05, 0) is 18.9 Å². The van der Waals surface area contributed by atoms with Gasteiger partial charge in [-0.25, -0.2) is 9.78 Å². The molecule has 1 amide bonds. The number of piperazine rings is 1. The summed E-state index contributed by atoms with van der Waals surface area (Å²) in [6.07, 6.45) is 13.7. The van der Waals surface area contributed by atoms with Crippen LogP contribution < -0.4 is 9.80 Å². The van der Waals surface area contributed by atoms with Gasteiger partial charge in [-0.2, -0.15) is 0 Å². The normalized spacial score (nSPS) is 21.0. The fourth-order valence-corrected chi connectivity index (χ4v) is 4.37. The summed E-state index contributed by atoms with van der Waals surface area (Å²) < 4.78 is 0. The van der Waals surface area contributed by atoms with Gasteiger partial charge < -0.3 is 10.0 Å². The molecule has 2 aliphatic carbocycles. The van der Waals surface area contributed by atoms with Crippen molar-refractivity contribution in [3.63, 3.8) is 0 Å². The lowest BCUT2D eigenvalue weighted by Crippen LogP contribution is -2.50. The molecule has 0 spiro atoms. The topological polar surface area (TPSA) is 59.9 Å². The zero-order valence-electron chi connectivity index (χ0n) is 16.6. The Bertz CT molecular complexity index is 584. The SMILES string of the molecule is C1CCCC1.CN(C(=O)O)c1ccnc(N2CCN(C3CCCC3)CC2)c1. The fourth-order valence-electron chi connectivity index (χ4n) is 4.37. The van der Waals surface area contributed by atoms with Crippen LogP contribution in [0, 0.1) is 0 Å². The zero-order chi connectivity index (χ0) is 19.1. The number of carbonyl (C=O) groups is 1. The number of carboxylic acid groups (broad SMARTS) is 1. The Kier molecular flexibility index (Phi) is 7.33. The minimum atomic E-state index is -0.955. The Morgan fingerprint density at radius 3 is 2.19 bits per heavy atom. The molecule has 1 N–H and O–H groups in total. The minimum absolute atomic E-state index is 0.663. The van der Waals surface area contributed by atoms with Crippen LogP contribution in [0.25, 0.3) is 0 Å². The van der Waals surface area contributed by atoms with Crippen molar-refractivity contribution >= 4 is 17.6 Å². The molecule has 6 heteroatoms. The quantitative estimate of drug-likeness (QED) is 0.859. The highest BCUT2D eigenvalue weighted by molar-refractivity contribution is 5.85. The monoisotopic (exact) mass is 374 g/mol. The highest BCUT2D eigenvalue weighted by Gasteiger charge is 2.26. The first-order valence-corrected chi connectivity index (χ1v) is 10.6. The molecular weight excluding hydrogens is 340 g/mol. The molecule has 1 aromatic heterocycles. The largest absolute Gasteiger partial charge is 0.465 e. The number of amides is 1. The van der Waals surface area contributed by atoms with Crippen LogP contribution >= 0.6 is 0 Å². The Hall–Kier alpha value is -1.82. The van der Waals surface area contributed by atoms with Gasteiger partial charge in [0.15, 0.2) is 0 Å². The number of aromatic nitrogens is 1. The van der Waals surface area contributed by atoms with Crippen LogP contribution in [0.4, 0.5) is 16.3 Å². The molecule has 0 atom stereocenters. The molecule has 150 valence electrons. The van der Waals surface area contributed by atoms with Gasteiger partial charge in [-0.15, -0.1) is 0 Å². The summed E-state index contributed by atoms with van der Waals surface area (Å²) in [7, 11) is 1.56. The van der Waals surface area contributed by atoms with E-state index in [1.165, 1.54) is 62.7 Å². The molecule has 0 unspecified atom stereocenters. The fraction of sp³-hybridized carbons (Fsp3) is 0.714. The Morgan fingerprint density at radius 1 is 1.04 bits per heavy atom. The van der Waals surface area contributed by atoms with Gasteiger partial charge in [0.2, 0.25) is 0 Å². The van der Waals surface area contributed by atoms with Crippen molar-refractivity contribution in [2.45, 2.75) is 63.8 Å². The smallest absolute Gasteiger partial charge is 0.411 e. The van der Waals surface area contributed by atoms with Crippen molar-refractivity contribution < 1.29 is 9.90 Å². The van der Waals surface area contributed by atoms with Gasteiger partial charge in [0.05, 0.1) is 5.69 Å². The number of hydrogen-bond acceptors (Lipinski definition) is 4. The zero-order valence-corrected chi connectivity index (χ0v) is 16.6. The second-order valence-corrected chi connectivity index (χ2v) is 7.94. The molecule has 1 saturated heterocycles. The second-order valence-electron chi connectivity index (χ2n) is 7.94. The molecule has 0 bridgehead atoms. The van der Waals surface area contributed by atoms with E-state index in [9.17, 15) is 4.79 Å². The maximum absolute atomic E-state index is 11.1. The van der Waals surface area contributed by atoms with Gasteiger partial charge in [0, 0.05) is 51.5 Å². The molecule has 0 aromatic carbocycles. The first kappa shape index (κ1) is 19.9. The van der Waals surface area contributed by atoms with Crippen LogP contribution in [0.15, 0.2) is 18.3 Å². The molecule has 1 aliphatic heterocycles. The van der Waals surface area contributed by atoms with Crippen molar-refractivity contribution in [2.75, 3.05) is 43.0 Å². The van der Waals surface area contributed by atoms with E-state index in [2.05, 4.69) is 14.8 Å². The van der Waals surface area contributed by atoms with Crippen molar-refractivity contribution in [3.8, 4) is 0 Å². The predicted molar refractivity (Wildman–Crippen MR) is 110 cm³/mol. The van der Waals surface area contributed by atoms with Crippen LogP contribution in [0.3, 0.4) is 0 Å². The molecule has 1 aromatic rings. The van der Waals surface area contributed by atoms with E-state index in [1.807, 2.05) is 6.07 Å². The average Bonchev–Trinajstić information content (AvgIpc) is 3.44. The second kappa shape index (κ2) is 9.93. The predicted octanol–water partition coefficient (Wildman–Crippen LogP) is 4.21. The Balaban J connectivity index is 0.000000364. The molecule has 0 radical (unpaired) electrons. The van der Waals surface area contributed by atoms with Gasteiger partial charge in [0.25, 0.3) is 0 Å². The van der Waals surface area contributed by atoms with Crippen molar-refractivity contribution in [1.29, 1.82) is 0 Å². The maximum Gasteiger partial charge on any atom is 0.411 e. The Morgan fingerprint density at radius 2 is 1.63 bits per heavy atom. The van der Waals surface area contributed by atoms with Crippen molar-refractivity contribution in [2.24, 2.45) is 0 Å². The molecule has 6 nitrogen and oxygen atoms in total. The van der Waals surface area contributed by atoms with E-state index >= 15 is 0 Å². The third-order valence-electron chi connectivity index (χ3n) is 6.13. The average molecular weight is 375 g/mol. The highest BCUT2D eigenvalue weighted by atomic mass is 16.4. The number of rotatable bonds is 3. The maximum atomic E-state index is 11.1. The van der Waals surface area contributed by atoms with Crippen LogP contribution in [-0.4, -0.2) is 60.4 Å². The van der Waals surface area contributed by atoms with E-state index in [-0.39, 0.29) is 0 Å². The summed E-state index contributed by atoms with van der Waals surface area (Å²) in [5.41, 5.74) is 0.663. The summed E-state index contributed by atoms with van der Waals surface area (Å²) in [5.74, 6) is 0.872. The van der Waals surface area contributed by atoms with Crippen molar-refractivity contribution in [3.05, 3.63) is 18.3 Å². The van der Waals surface area contributed by atoms with E-state index in [0.29, 0.717) is 5.69 Å². The van der Waals surface area contributed by atoms with Crippen LogP contribution in [0.1, 0.15) is 57.8 Å². The number of anilines is 2. The summed E-state index contributed by atoms with van der Waals surface area (Å²) >= 11 is 0. The molecule has 2 heterocycles. The molecule has 3 aliphatic rings. The summed E-state index contributed by atoms with van der Waals surface area (Å²) in [6, 6.07) is 4.37. The van der Waals surface area contributed by atoms with Gasteiger partial charge in [-0.3, -0.25) is 9.80 Å². The van der Waals surface area contributed by atoms with E-state index < -0.39 is 6.09 Å². The van der Waals surface area contributed by atoms with Gasteiger partial charge in [-0.1, -0.05) is 44.9 Å². The summed E-state index contributed by atoms with van der Waals surface area (Å²) in [5, 5.41) is 9.08. The first-order chi connectivity index (χ1) is 13.1. The third-order valence-corrected chi connectivity index (χ3v) is 6.13. The minimum Gasteiger partial charge on any atom is -0.465 e. The lowest BCUT2D eigenvalue weighted by Gasteiger charge is -2.38. The lowest BCUT2D eigenvalue weighted by molar-refractivity contribution is 0.187. The Labute approximate surface area is 163 Å². The molecule has 4 rings (SSSR count). The molecule has 27 heavy (non-hydrogen) atoms. The van der Waals surface area contributed by atoms with Crippen LogP contribution in [-0.2, 0) is 0 Å². The van der Waals surface area contributed by atoms with Gasteiger partial charge in [0.1, 0.15) is 5.82 Å². The third kappa shape index (κ3) is 5.58. The van der Waals surface area contributed by atoms with E-state index in [4.69, 9.17) is 5.11 Å². The summed E-state index contributed by atoms with van der Waals surface area (Å²) in [4.78, 5) is 21.6. The first-order valence-electron chi connectivity index (χ1n) is 10.6. The lowest BCUT2D eigenvalue weighted by atomic mass is 10.2.